The maximum absolute atomic E-state index is 12.8. The molecule has 22 heavy (non-hydrogen) atoms. The number of benzene rings is 1. The van der Waals surface area contributed by atoms with E-state index in [4.69, 9.17) is 0 Å². The fraction of sp³-hybridized carbons (Fsp3) is 0.500. The Morgan fingerprint density at radius 2 is 2.23 bits per heavy atom. The third-order valence-corrected chi connectivity index (χ3v) is 4.55. The van der Waals surface area contributed by atoms with Gasteiger partial charge in [0.25, 0.3) is 5.91 Å². The van der Waals surface area contributed by atoms with E-state index in [1.54, 1.807) is 0 Å². The van der Waals surface area contributed by atoms with Crippen LogP contribution < -0.4 is 5.32 Å². The molecule has 0 saturated carbocycles. The Labute approximate surface area is 131 Å². The number of rotatable bonds is 4. The van der Waals surface area contributed by atoms with Crippen LogP contribution in [0.25, 0.3) is 10.9 Å². The number of nitrogens with one attached hydrogen (secondary N) is 2. The van der Waals surface area contributed by atoms with Crippen LogP contribution in [0.15, 0.2) is 24.3 Å². The van der Waals surface area contributed by atoms with Crippen LogP contribution in [0, 0.1) is 12.8 Å². The average Bonchev–Trinajstić information content (AvgIpc) is 2.96. The normalized spacial score (nSPS) is 18.5. The minimum absolute atomic E-state index is 0.113. The van der Waals surface area contributed by atoms with Gasteiger partial charge in [0, 0.05) is 24.0 Å². The third kappa shape index (κ3) is 3.17. The van der Waals surface area contributed by atoms with Crippen LogP contribution in [-0.4, -0.2) is 42.0 Å². The third-order valence-electron chi connectivity index (χ3n) is 4.55. The van der Waals surface area contributed by atoms with Gasteiger partial charge in [-0.05, 0) is 63.4 Å². The maximum Gasteiger partial charge on any atom is 0.270 e. The molecule has 4 nitrogen and oxygen atoms in total. The first-order valence-corrected chi connectivity index (χ1v) is 8.26. The van der Waals surface area contributed by atoms with Gasteiger partial charge in [0.2, 0.25) is 0 Å². The van der Waals surface area contributed by atoms with Gasteiger partial charge in [-0.25, -0.2) is 0 Å². The summed E-state index contributed by atoms with van der Waals surface area (Å²) in [4.78, 5) is 18.0. The highest BCUT2D eigenvalue weighted by Crippen LogP contribution is 2.19. The fourth-order valence-corrected chi connectivity index (χ4v) is 3.27. The molecule has 1 atom stereocenters. The number of H-pyrrole nitrogens is 1. The quantitative estimate of drug-likeness (QED) is 0.912. The zero-order valence-electron chi connectivity index (χ0n) is 13.5. The predicted octanol–water partition coefficient (Wildman–Crippen LogP) is 2.94. The lowest BCUT2D eigenvalue weighted by Crippen LogP contribution is -2.41. The minimum atomic E-state index is 0.113. The number of hydrogen-bond donors (Lipinski definition) is 2. The summed E-state index contributed by atoms with van der Waals surface area (Å²) < 4.78 is 0. The molecule has 4 heteroatoms. The number of aromatic amines is 1. The molecule has 1 fully saturated rings. The van der Waals surface area contributed by atoms with Gasteiger partial charge < -0.3 is 15.2 Å². The predicted molar refractivity (Wildman–Crippen MR) is 90.2 cm³/mol. The summed E-state index contributed by atoms with van der Waals surface area (Å²) >= 11 is 0. The fourth-order valence-electron chi connectivity index (χ4n) is 3.27. The Morgan fingerprint density at radius 3 is 2.95 bits per heavy atom. The largest absolute Gasteiger partial charge is 0.351 e. The average molecular weight is 299 g/mol. The molecule has 3 rings (SSSR count). The summed E-state index contributed by atoms with van der Waals surface area (Å²) in [5, 5.41) is 4.53. The topological polar surface area (TPSA) is 48.1 Å². The second-order valence-electron chi connectivity index (χ2n) is 6.33. The van der Waals surface area contributed by atoms with Gasteiger partial charge in [-0.2, -0.15) is 0 Å². The molecule has 1 unspecified atom stereocenters. The molecule has 118 valence electrons. The van der Waals surface area contributed by atoms with E-state index in [1.165, 1.54) is 18.4 Å². The Bertz CT molecular complexity index is 655. The molecule has 0 bridgehead atoms. The van der Waals surface area contributed by atoms with Crippen molar-refractivity contribution in [1.82, 2.24) is 15.2 Å². The molecular formula is C18H25N3O. The smallest absolute Gasteiger partial charge is 0.270 e. The van der Waals surface area contributed by atoms with Crippen molar-refractivity contribution in [1.29, 1.82) is 0 Å². The van der Waals surface area contributed by atoms with Gasteiger partial charge in [0.15, 0.2) is 0 Å². The molecule has 2 heterocycles. The van der Waals surface area contributed by atoms with Gasteiger partial charge in [0.1, 0.15) is 5.69 Å². The van der Waals surface area contributed by atoms with E-state index in [0.29, 0.717) is 11.6 Å². The van der Waals surface area contributed by atoms with E-state index in [-0.39, 0.29) is 5.91 Å². The molecule has 1 saturated heterocycles. The molecule has 1 aromatic carbocycles. The Kier molecular flexibility index (Phi) is 4.48. The van der Waals surface area contributed by atoms with Crippen LogP contribution in [0.1, 0.15) is 35.8 Å². The number of aromatic nitrogens is 1. The molecule has 0 spiro atoms. The van der Waals surface area contributed by atoms with Crippen molar-refractivity contribution in [2.24, 2.45) is 5.92 Å². The highest BCUT2D eigenvalue weighted by molar-refractivity contribution is 5.98. The van der Waals surface area contributed by atoms with E-state index in [0.717, 1.165) is 37.1 Å². The van der Waals surface area contributed by atoms with Crippen molar-refractivity contribution in [2.75, 3.05) is 26.2 Å². The molecule has 2 N–H and O–H groups in total. The highest BCUT2D eigenvalue weighted by atomic mass is 16.2. The van der Waals surface area contributed by atoms with Gasteiger partial charge in [0.05, 0.1) is 0 Å². The summed E-state index contributed by atoms with van der Waals surface area (Å²) in [5.74, 6) is 0.686. The molecule has 1 aliphatic rings. The number of carbonyl (C=O) groups excluding carboxylic acids is 1. The van der Waals surface area contributed by atoms with Crippen LogP contribution in [0.3, 0.4) is 0 Å². The summed E-state index contributed by atoms with van der Waals surface area (Å²) in [6.45, 7) is 7.85. The van der Waals surface area contributed by atoms with E-state index in [9.17, 15) is 4.79 Å². The van der Waals surface area contributed by atoms with Crippen molar-refractivity contribution >= 4 is 16.8 Å². The van der Waals surface area contributed by atoms with Crippen LogP contribution >= 0.6 is 0 Å². The lowest BCUT2D eigenvalue weighted by atomic mass is 9.99. The summed E-state index contributed by atoms with van der Waals surface area (Å²) in [5.41, 5.74) is 2.94. The summed E-state index contributed by atoms with van der Waals surface area (Å²) in [6, 6.07) is 8.21. The molecular weight excluding hydrogens is 274 g/mol. The van der Waals surface area contributed by atoms with Gasteiger partial charge in [-0.3, -0.25) is 4.79 Å². The lowest BCUT2D eigenvalue weighted by molar-refractivity contribution is 0.0724. The van der Waals surface area contributed by atoms with E-state index in [2.05, 4.69) is 42.3 Å². The minimum Gasteiger partial charge on any atom is -0.351 e. The number of fused-ring (bicyclic) bond motifs is 1. The van der Waals surface area contributed by atoms with E-state index < -0.39 is 0 Å². The van der Waals surface area contributed by atoms with Crippen LogP contribution in [-0.2, 0) is 0 Å². The number of hydrogen-bond acceptors (Lipinski definition) is 2. The van der Waals surface area contributed by atoms with Crippen molar-refractivity contribution < 1.29 is 4.79 Å². The zero-order valence-corrected chi connectivity index (χ0v) is 13.5. The SMILES string of the molecule is CCN(CC1CCCNC1)C(=O)c1cc2ccc(C)cc2[nH]1. The Balaban J connectivity index is 1.76. The highest BCUT2D eigenvalue weighted by Gasteiger charge is 2.21. The molecule has 1 amide bonds. The second-order valence-corrected chi connectivity index (χ2v) is 6.33. The van der Waals surface area contributed by atoms with Crippen molar-refractivity contribution in [3.63, 3.8) is 0 Å². The van der Waals surface area contributed by atoms with Gasteiger partial charge in [-0.15, -0.1) is 0 Å². The molecule has 0 radical (unpaired) electrons. The van der Waals surface area contributed by atoms with Gasteiger partial charge in [-0.1, -0.05) is 12.1 Å². The maximum atomic E-state index is 12.8. The molecule has 0 aliphatic carbocycles. The number of carbonyl (C=O) groups is 1. The first-order valence-electron chi connectivity index (χ1n) is 8.26. The summed E-state index contributed by atoms with van der Waals surface area (Å²) in [6.07, 6.45) is 2.42. The Hall–Kier alpha value is -1.81. The van der Waals surface area contributed by atoms with Crippen molar-refractivity contribution in [3.8, 4) is 0 Å². The zero-order chi connectivity index (χ0) is 15.5. The molecule has 2 aromatic rings. The van der Waals surface area contributed by atoms with Gasteiger partial charge >= 0.3 is 0 Å². The monoisotopic (exact) mass is 299 g/mol. The van der Waals surface area contributed by atoms with Crippen molar-refractivity contribution in [2.45, 2.75) is 26.7 Å². The number of aryl methyl sites for hydroxylation is 1. The number of nitrogens with zero attached hydrogens (tertiary/aromatic N) is 1. The second kappa shape index (κ2) is 6.53. The number of piperidine rings is 1. The van der Waals surface area contributed by atoms with Crippen LogP contribution in [0.4, 0.5) is 0 Å². The Morgan fingerprint density at radius 1 is 1.36 bits per heavy atom. The molecule has 1 aliphatic heterocycles. The van der Waals surface area contributed by atoms with Crippen LogP contribution in [0.5, 0.6) is 0 Å². The van der Waals surface area contributed by atoms with E-state index >= 15 is 0 Å². The van der Waals surface area contributed by atoms with Crippen LogP contribution in [0.2, 0.25) is 0 Å². The standard InChI is InChI=1S/C18H25N3O/c1-3-21(12-14-5-4-8-19-11-14)18(22)17-10-15-7-6-13(2)9-16(15)20-17/h6-7,9-10,14,19-20H,3-5,8,11-12H2,1-2H3. The van der Waals surface area contributed by atoms with Crippen molar-refractivity contribution in [3.05, 3.63) is 35.5 Å². The lowest BCUT2D eigenvalue weighted by Gasteiger charge is -2.29. The summed E-state index contributed by atoms with van der Waals surface area (Å²) in [7, 11) is 0. The first kappa shape index (κ1) is 15.1. The molecule has 1 aromatic heterocycles. The first-order chi connectivity index (χ1) is 10.7. The van der Waals surface area contributed by atoms with E-state index in [1.807, 2.05) is 11.0 Å². The number of amides is 1.